The summed E-state index contributed by atoms with van der Waals surface area (Å²) in [5, 5.41) is 11.1. The highest BCUT2D eigenvalue weighted by atomic mass is 16.5. The number of aryl methyl sites for hydroxylation is 1. The van der Waals surface area contributed by atoms with Gasteiger partial charge in [-0.1, -0.05) is 10.4 Å². The lowest BCUT2D eigenvalue weighted by Crippen LogP contribution is -2.02. The number of nitrogens with zero attached hydrogens (tertiary/aromatic N) is 5. The van der Waals surface area contributed by atoms with Crippen LogP contribution in [-0.2, 0) is 6.54 Å². The van der Waals surface area contributed by atoms with Crippen LogP contribution in [0, 0.1) is 6.92 Å². The zero-order valence-electron chi connectivity index (χ0n) is 7.01. The summed E-state index contributed by atoms with van der Waals surface area (Å²) in [4.78, 5) is 4.01. The lowest BCUT2D eigenvalue weighted by atomic mass is 10.6. The Kier molecular flexibility index (Phi) is 1.69. The summed E-state index contributed by atoms with van der Waals surface area (Å²) >= 11 is 0. The zero-order valence-corrected chi connectivity index (χ0v) is 7.01. The first-order chi connectivity index (χ1) is 6.24. The summed E-state index contributed by atoms with van der Waals surface area (Å²) in [6.07, 6.45) is 1.60. The Labute approximate surface area is 73.5 Å². The summed E-state index contributed by atoms with van der Waals surface area (Å²) in [5.41, 5.74) is 5.38. The Hall–Kier alpha value is -1.92. The van der Waals surface area contributed by atoms with Crippen molar-refractivity contribution in [3.8, 4) is 0 Å². The van der Waals surface area contributed by atoms with Crippen LogP contribution in [0.1, 0.15) is 11.7 Å². The van der Waals surface area contributed by atoms with Crippen LogP contribution < -0.4 is 5.73 Å². The fourth-order valence-corrected chi connectivity index (χ4v) is 0.941. The van der Waals surface area contributed by atoms with Gasteiger partial charge >= 0.3 is 0 Å². The van der Waals surface area contributed by atoms with Crippen LogP contribution in [-0.4, -0.2) is 25.1 Å². The molecule has 0 saturated carbocycles. The molecule has 0 radical (unpaired) electrons. The molecule has 13 heavy (non-hydrogen) atoms. The zero-order chi connectivity index (χ0) is 9.26. The van der Waals surface area contributed by atoms with Gasteiger partial charge in [0.05, 0.1) is 6.20 Å². The van der Waals surface area contributed by atoms with E-state index in [1.165, 1.54) is 0 Å². The second-order valence-electron chi connectivity index (χ2n) is 2.57. The predicted octanol–water partition coefficient (Wildman–Crippen LogP) is -0.400. The Balaban J connectivity index is 2.14. The topological polar surface area (TPSA) is 95.7 Å². The van der Waals surface area contributed by atoms with Gasteiger partial charge in [0.2, 0.25) is 5.89 Å². The Bertz CT molecular complexity index is 366. The third kappa shape index (κ3) is 1.63. The molecular weight excluding hydrogens is 172 g/mol. The molecule has 7 heteroatoms. The lowest BCUT2D eigenvalue weighted by molar-refractivity contribution is 0.385. The molecule has 0 spiro atoms. The van der Waals surface area contributed by atoms with Crippen molar-refractivity contribution in [1.29, 1.82) is 0 Å². The van der Waals surface area contributed by atoms with Crippen molar-refractivity contribution in [3.63, 3.8) is 0 Å². The van der Waals surface area contributed by atoms with E-state index in [9.17, 15) is 0 Å². The van der Waals surface area contributed by atoms with E-state index in [1.807, 2.05) is 0 Å². The maximum absolute atomic E-state index is 5.38. The molecule has 0 aliphatic carbocycles. The van der Waals surface area contributed by atoms with Crippen LogP contribution >= 0.6 is 0 Å². The number of nitrogens with two attached hydrogens (primary N) is 1. The van der Waals surface area contributed by atoms with E-state index in [2.05, 4.69) is 20.5 Å². The Morgan fingerprint density at radius 2 is 2.46 bits per heavy atom. The van der Waals surface area contributed by atoms with Crippen LogP contribution in [0.2, 0.25) is 0 Å². The van der Waals surface area contributed by atoms with Gasteiger partial charge in [0.25, 0.3) is 0 Å². The Morgan fingerprint density at radius 3 is 3.00 bits per heavy atom. The quantitative estimate of drug-likeness (QED) is 0.675. The summed E-state index contributed by atoms with van der Waals surface area (Å²) < 4.78 is 6.33. The third-order valence-electron chi connectivity index (χ3n) is 1.43. The van der Waals surface area contributed by atoms with E-state index in [0.717, 1.165) is 0 Å². The number of rotatable bonds is 2. The Morgan fingerprint density at radius 1 is 1.62 bits per heavy atom. The summed E-state index contributed by atoms with van der Waals surface area (Å²) in [6.45, 7) is 2.15. The number of hydrogen-bond acceptors (Lipinski definition) is 6. The molecular formula is C6H8N6O. The molecule has 7 nitrogen and oxygen atoms in total. The normalized spacial score (nSPS) is 10.5. The highest BCUT2D eigenvalue weighted by molar-refractivity contribution is 5.19. The van der Waals surface area contributed by atoms with Gasteiger partial charge in [-0.25, -0.2) is 4.68 Å². The molecule has 0 aliphatic heterocycles. The van der Waals surface area contributed by atoms with E-state index in [4.69, 9.17) is 10.3 Å². The molecule has 0 unspecified atom stereocenters. The minimum atomic E-state index is 0.375. The monoisotopic (exact) mass is 180 g/mol. The van der Waals surface area contributed by atoms with E-state index < -0.39 is 0 Å². The van der Waals surface area contributed by atoms with E-state index in [0.29, 0.717) is 24.1 Å². The number of aromatic nitrogens is 5. The van der Waals surface area contributed by atoms with E-state index >= 15 is 0 Å². The van der Waals surface area contributed by atoms with Gasteiger partial charge in [-0.3, -0.25) is 0 Å². The molecule has 2 aromatic rings. The van der Waals surface area contributed by atoms with Crippen LogP contribution in [0.5, 0.6) is 0 Å². The molecule has 2 rings (SSSR count). The van der Waals surface area contributed by atoms with Crippen LogP contribution in [0.15, 0.2) is 10.7 Å². The molecule has 68 valence electrons. The van der Waals surface area contributed by atoms with Crippen molar-refractivity contribution in [2.75, 3.05) is 5.73 Å². The van der Waals surface area contributed by atoms with Gasteiger partial charge in [-0.2, -0.15) is 4.98 Å². The van der Waals surface area contributed by atoms with Gasteiger partial charge in [0.15, 0.2) is 11.6 Å². The molecule has 2 aromatic heterocycles. The molecule has 0 amide bonds. The average molecular weight is 180 g/mol. The number of anilines is 1. The van der Waals surface area contributed by atoms with Gasteiger partial charge in [0, 0.05) is 6.92 Å². The van der Waals surface area contributed by atoms with Crippen LogP contribution in [0.25, 0.3) is 0 Å². The minimum Gasteiger partial charge on any atom is -0.381 e. The summed E-state index contributed by atoms with van der Waals surface area (Å²) in [5.74, 6) is 1.46. The highest BCUT2D eigenvalue weighted by Crippen LogP contribution is 1.99. The smallest absolute Gasteiger partial charge is 0.223 e. The first-order valence-corrected chi connectivity index (χ1v) is 3.69. The second-order valence-corrected chi connectivity index (χ2v) is 2.57. The van der Waals surface area contributed by atoms with Crippen molar-refractivity contribution >= 4 is 5.82 Å². The molecule has 0 saturated heterocycles. The molecule has 0 fully saturated rings. The SMILES string of the molecule is Cc1nc(Cn2cc(N)nn2)no1. The fourth-order valence-electron chi connectivity index (χ4n) is 0.941. The van der Waals surface area contributed by atoms with Crippen molar-refractivity contribution < 1.29 is 4.52 Å². The van der Waals surface area contributed by atoms with Crippen molar-refractivity contribution in [3.05, 3.63) is 17.9 Å². The molecule has 0 aromatic carbocycles. The predicted molar refractivity (Wildman–Crippen MR) is 42.6 cm³/mol. The molecule has 0 aliphatic rings. The van der Waals surface area contributed by atoms with Gasteiger partial charge in [0.1, 0.15) is 6.54 Å². The third-order valence-corrected chi connectivity index (χ3v) is 1.43. The van der Waals surface area contributed by atoms with Crippen molar-refractivity contribution in [2.24, 2.45) is 0 Å². The van der Waals surface area contributed by atoms with Gasteiger partial charge in [-0.15, -0.1) is 5.10 Å². The minimum absolute atomic E-state index is 0.375. The average Bonchev–Trinajstić information content (AvgIpc) is 2.62. The van der Waals surface area contributed by atoms with Crippen molar-refractivity contribution in [2.45, 2.75) is 13.5 Å². The van der Waals surface area contributed by atoms with Crippen molar-refractivity contribution in [1.82, 2.24) is 25.1 Å². The number of nitrogen functional groups attached to an aromatic ring is 1. The standard InChI is InChI=1S/C6H8N6O/c1-4-8-6(10-13-4)3-12-2-5(7)9-11-12/h2H,3,7H2,1H3. The lowest BCUT2D eigenvalue weighted by Gasteiger charge is -1.90. The molecule has 0 atom stereocenters. The van der Waals surface area contributed by atoms with Crippen LogP contribution in [0.4, 0.5) is 5.82 Å². The molecule has 2 N–H and O–H groups in total. The van der Waals surface area contributed by atoms with Crippen LogP contribution in [0.3, 0.4) is 0 Å². The van der Waals surface area contributed by atoms with E-state index in [1.54, 1.807) is 17.8 Å². The second kappa shape index (κ2) is 2.85. The summed E-state index contributed by atoms with van der Waals surface area (Å²) in [6, 6.07) is 0. The van der Waals surface area contributed by atoms with Gasteiger partial charge < -0.3 is 10.3 Å². The maximum atomic E-state index is 5.38. The largest absolute Gasteiger partial charge is 0.381 e. The summed E-state index contributed by atoms with van der Waals surface area (Å²) in [7, 11) is 0. The fraction of sp³-hybridized carbons (Fsp3) is 0.333. The van der Waals surface area contributed by atoms with E-state index in [-0.39, 0.29) is 0 Å². The molecule has 2 heterocycles. The first kappa shape index (κ1) is 7.71. The molecule has 0 bridgehead atoms. The number of hydrogen-bond donors (Lipinski definition) is 1. The van der Waals surface area contributed by atoms with Gasteiger partial charge in [-0.05, 0) is 0 Å². The highest BCUT2D eigenvalue weighted by Gasteiger charge is 2.04. The maximum Gasteiger partial charge on any atom is 0.223 e. The first-order valence-electron chi connectivity index (χ1n) is 3.69.